The highest BCUT2D eigenvalue weighted by Crippen LogP contribution is 2.01. The topological polar surface area (TPSA) is 60.7 Å². The number of halogens is 1. The van der Waals surface area contributed by atoms with E-state index in [2.05, 4.69) is 0 Å². The van der Waals surface area contributed by atoms with Gasteiger partial charge in [-0.2, -0.15) is 0 Å². The molecule has 0 atom stereocenters. The first-order valence-electron chi connectivity index (χ1n) is 3.40. The monoisotopic (exact) mass is 170 g/mol. The third-order valence-electron chi connectivity index (χ3n) is 1.55. The molecule has 0 aromatic heterocycles. The summed E-state index contributed by atoms with van der Waals surface area (Å²) in [5, 5.41) is 26.2. The Bertz CT molecular complexity index is 277. The van der Waals surface area contributed by atoms with E-state index in [4.69, 9.17) is 15.2 Å². The molecule has 3 nitrogen and oxygen atoms in total. The van der Waals surface area contributed by atoms with Gasteiger partial charge in [-0.3, -0.25) is 0 Å². The van der Waals surface area contributed by atoms with E-state index in [9.17, 15) is 4.39 Å². The van der Waals surface area contributed by atoms with Crippen molar-refractivity contribution in [3.63, 3.8) is 0 Å². The summed E-state index contributed by atoms with van der Waals surface area (Å²) in [6.07, 6.45) is 0. The Balaban J connectivity index is 3.11. The van der Waals surface area contributed by atoms with E-state index >= 15 is 0 Å². The van der Waals surface area contributed by atoms with Gasteiger partial charge < -0.3 is 15.2 Å². The fourth-order valence-electron chi connectivity index (χ4n) is 0.963. The smallest absolute Gasteiger partial charge is 0.423 e. The second-order valence-electron chi connectivity index (χ2n) is 2.37. The maximum Gasteiger partial charge on any atom is 0.488 e. The quantitative estimate of drug-likeness (QED) is 0.498. The van der Waals surface area contributed by atoms with Crippen molar-refractivity contribution >= 4 is 12.6 Å². The fraction of sp³-hybridized carbons (Fsp3) is 0.143. The Morgan fingerprint density at radius 1 is 1.33 bits per heavy atom. The molecule has 0 spiro atoms. The molecule has 1 rings (SSSR count). The largest absolute Gasteiger partial charge is 0.488 e. The number of aliphatic hydroxyl groups is 1. The molecule has 0 radical (unpaired) electrons. The van der Waals surface area contributed by atoms with Crippen LogP contribution in [0.25, 0.3) is 0 Å². The van der Waals surface area contributed by atoms with Gasteiger partial charge in [0, 0.05) is 0 Å². The molecule has 0 unspecified atom stereocenters. The highest BCUT2D eigenvalue weighted by atomic mass is 19.1. The summed E-state index contributed by atoms with van der Waals surface area (Å²) in [4.78, 5) is 0. The zero-order valence-electron chi connectivity index (χ0n) is 6.24. The summed E-state index contributed by atoms with van der Waals surface area (Å²) in [7, 11) is -1.67. The van der Waals surface area contributed by atoms with Gasteiger partial charge in [0.05, 0.1) is 6.61 Å². The molecule has 3 N–H and O–H groups in total. The highest BCUT2D eigenvalue weighted by molar-refractivity contribution is 6.59. The third-order valence-corrected chi connectivity index (χ3v) is 1.55. The summed E-state index contributed by atoms with van der Waals surface area (Å²) < 4.78 is 12.5. The normalized spacial score (nSPS) is 10.0. The van der Waals surface area contributed by atoms with E-state index in [1.165, 1.54) is 6.07 Å². The Kier molecular flexibility index (Phi) is 2.81. The summed E-state index contributed by atoms with van der Waals surface area (Å²) >= 11 is 0. The van der Waals surface area contributed by atoms with E-state index < -0.39 is 19.5 Å². The molecular weight excluding hydrogens is 162 g/mol. The summed E-state index contributed by atoms with van der Waals surface area (Å²) in [6.45, 7) is -0.412. The zero-order valence-corrected chi connectivity index (χ0v) is 6.24. The van der Waals surface area contributed by atoms with Crippen LogP contribution in [0.2, 0.25) is 0 Å². The van der Waals surface area contributed by atoms with Crippen LogP contribution in [0, 0.1) is 5.82 Å². The summed E-state index contributed by atoms with van der Waals surface area (Å²) in [6, 6.07) is 3.40. The Morgan fingerprint density at radius 2 is 2.00 bits per heavy atom. The molecule has 0 saturated heterocycles. The van der Waals surface area contributed by atoms with Crippen LogP contribution in [0.3, 0.4) is 0 Å². The number of benzene rings is 1. The number of aliphatic hydroxyl groups excluding tert-OH is 1. The summed E-state index contributed by atoms with van der Waals surface area (Å²) in [5.41, 5.74) is 0.309. The van der Waals surface area contributed by atoms with E-state index in [0.717, 1.165) is 12.1 Å². The van der Waals surface area contributed by atoms with Gasteiger partial charge in [0.15, 0.2) is 0 Å². The molecule has 64 valence electrons. The second kappa shape index (κ2) is 3.66. The van der Waals surface area contributed by atoms with Crippen LogP contribution >= 0.6 is 0 Å². The maximum absolute atomic E-state index is 12.5. The van der Waals surface area contributed by atoms with Gasteiger partial charge >= 0.3 is 7.12 Å². The molecule has 0 amide bonds. The van der Waals surface area contributed by atoms with Gasteiger partial charge in [0.2, 0.25) is 0 Å². The van der Waals surface area contributed by atoms with Gasteiger partial charge in [0.25, 0.3) is 0 Å². The Labute approximate surface area is 69.2 Å². The predicted octanol–water partition coefficient (Wildman–Crippen LogP) is -1.00. The highest BCUT2D eigenvalue weighted by Gasteiger charge is 2.15. The van der Waals surface area contributed by atoms with Crippen molar-refractivity contribution < 1.29 is 19.5 Å². The van der Waals surface area contributed by atoms with Crippen molar-refractivity contribution in [3.8, 4) is 0 Å². The molecule has 0 aliphatic rings. The minimum absolute atomic E-state index is 0.124. The van der Waals surface area contributed by atoms with Crippen LogP contribution in [-0.2, 0) is 6.61 Å². The van der Waals surface area contributed by atoms with Gasteiger partial charge in [-0.25, -0.2) is 4.39 Å². The lowest BCUT2D eigenvalue weighted by Crippen LogP contribution is -2.33. The van der Waals surface area contributed by atoms with E-state index in [0.29, 0.717) is 0 Å². The van der Waals surface area contributed by atoms with Crippen LogP contribution in [0.1, 0.15) is 5.56 Å². The van der Waals surface area contributed by atoms with Crippen LogP contribution in [0.5, 0.6) is 0 Å². The Hall–Kier alpha value is -0.905. The van der Waals surface area contributed by atoms with Gasteiger partial charge in [-0.1, -0.05) is 6.07 Å². The van der Waals surface area contributed by atoms with Crippen molar-refractivity contribution in [3.05, 3.63) is 29.6 Å². The maximum atomic E-state index is 12.5. The molecule has 0 fully saturated rings. The third kappa shape index (κ3) is 1.82. The SMILES string of the molecule is OCc1cc(F)ccc1B(O)O. The molecular formula is C7H8BFO3. The van der Waals surface area contributed by atoms with Crippen molar-refractivity contribution in [2.45, 2.75) is 6.61 Å². The van der Waals surface area contributed by atoms with Crippen molar-refractivity contribution in [1.29, 1.82) is 0 Å². The molecule has 5 heteroatoms. The molecule has 1 aromatic carbocycles. The fourth-order valence-corrected chi connectivity index (χ4v) is 0.963. The average Bonchev–Trinajstić information content (AvgIpc) is 2.03. The minimum atomic E-state index is -1.67. The molecule has 0 heterocycles. The van der Waals surface area contributed by atoms with Gasteiger partial charge in [-0.15, -0.1) is 0 Å². The number of hydrogen-bond donors (Lipinski definition) is 3. The van der Waals surface area contributed by atoms with Crippen LogP contribution in [-0.4, -0.2) is 22.3 Å². The molecule has 0 aliphatic carbocycles. The van der Waals surface area contributed by atoms with Crippen LogP contribution in [0.4, 0.5) is 4.39 Å². The average molecular weight is 170 g/mol. The van der Waals surface area contributed by atoms with Crippen molar-refractivity contribution in [1.82, 2.24) is 0 Å². The van der Waals surface area contributed by atoms with Crippen molar-refractivity contribution in [2.24, 2.45) is 0 Å². The molecule has 0 aliphatic heterocycles. The first kappa shape index (κ1) is 9.19. The lowest BCUT2D eigenvalue weighted by Gasteiger charge is -2.05. The molecule has 0 saturated carbocycles. The first-order valence-corrected chi connectivity index (χ1v) is 3.40. The standard InChI is InChI=1S/C7H8BFO3/c9-6-1-2-7(8(11)12)5(3-6)4-10/h1-3,10-12H,4H2. The first-order chi connectivity index (χ1) is 5.65. The van der Waals surface area contributed by atoms with E-state index in [1.807, 2.05) is 0 Å². The van der Waals surface area contributed by atoms with Crippen LogP contribution in [0.15, 0.2) is 18.2 Å². The van der Waals surface area contributed by atoms with Gasteiger partial charge in [0.1, 0.15) is 5.82 Å². The predicted molar refractivity (Wildman–Crippen MR) is 42.1 cm³/mol. The summed E-state index contributed by atoms with van der Waals surface area (Å²) in [5.74, 6) is -0.511. The number of hydrogen-bond acceptors (Lipinski definition) is 3. The molecule has 1 aromatic rings. The zero-order chi connectivity index (χ0) is 9.14. The molecule has 12 heavy (non-hydrogen) atoms. The van der Waals surface area contributed by atoms with Crippen LogP contribution < -0.4 is 5.46 Å². The van der Waals surface area contributed by atoms with Crippen molar-refractivity contribution in [2.75, 3.05) is 0 Å². The van der Waals surface area contributed by atoms with Gasteiger partial charge in [-0.05, 0) is 23.2 Å². The minimum Gasteiger partial charge on any atom is -0.423 e. The Morgan fingerprint density at radius 3 is 2.50 bits per heavy atom. The molecule has 0 bridgehead atoms. The lowest BCUT2D eigenvalue weighted by molar-refractivity contribution is 0.281. The second-order valence-corrected chi connectivity index (χ2v) is 2.37. The van der Waals surface area contributed by atoms with E-state index in [1.54, 1.807) is 0 Å². The number of rotatable bonds is 2. The lowest BCUT2D eigenvalue weighted by atomic mass is 9.77. The van der Waals surface area contributed by atoms with E-state index in [-0.39, 0.29) is 11.0 Å².